The highest BCUT2D eigenvalue weighted by Crippen LogP contribution is 2.39. The maximum absolute atomic E-state index is 11.1. The van der Waals surface area contributed by atoms with Gasteiger partial charge in [-0.15, -0.1) is 11.6 Å². The highest BCUT2D eigenvalue weighted by atomic mass is 35.5. The quantitative estimate of drug-likeness (QED) is 0.434. The van der Waals surface area contributed by atoms with Crippen molar-refractivity contribution < 1.29 is 4.92 Å². The molecule has 3 atom stereocenters. The molecular formula is C15H19Cl2NO2. The van der Waals surface area contributed by atoms with Crippen molar-refractivity contribution in [3.05, 3.63) is 38.9 Å². The van der Waals surface area contributed by atoms with Crippen LogP contribution in [0, 0.1) is 22.0 Å². The number of nitrogens with zero attached hydrogens (tertiary/aromatic N) is 1. The van der Waals surface area contributed by atoms with Gasteiger partial charge in [0.1, 0.15) is 0 Å². The molecule has 1 aliphatic carbocycles. The zero-order valence-electron chi connectivity index (χ0n) is 11.5. The molecule has 1 fully saturated rings. The van der Waals surface area contributed by atoms with Crippen molar-refractivity contribution in [3.8, 4) is 0 Å². The number of benzene rings is 1. The minimum absolute atomic E-state index is 0.0914. The second-order valence-corrected chi connectivity index (χ2v) is 6.53. The van der Waals surface area contributed by atoms with Crippen LogP contribution in [-0.2, 0) is 6.42 Å². The average Bonchev–Trinajstić information content (AvgIpc) is 2.43. The van der Waals surface area contributed by atoms with Crippen LogP contribution in [0.15, 0.2) is 18.2 Å². The SMILES string of the molecule is CCC1CCC(Cl)C(Cc2c(Cl)cccc2[N+](=O)[O-])C1. The first kappa shape index (κ1) is 15.6. The fraction of sp³-hybridized carbons (Fsp3) is 0.600. The summed E-state index contributed by atoms with van der Waals surface area (Å²) in [5, 5.41) is 11.7. The molecule has 20 heavy (non-hydrogen) atoms. The monoisotopic (exact) mass is 315 g/mol. The topological polar surface area (TPSA) is 43.1 Å². The average molecular weight is 316 g/mol. The predicted octanol–water partition coefficient (Wildman–Crippen LogP) is 5.22. The first-order valence-corrected chi connectivity index (χ1v) is 7.90. The van der Waals surface area contributed by atoms with E-state index in [1.807, 2.05) is 0 Å². The fourth-order valence-corrected chi connectivity index (χ4v) is 3.65. The van der Waals surface area contributed by atoms with Crippen LogP contribution in [0.3, 0.4) is 0 Å². The van der Waals surface area contributed by atoms with Crippen LogP contribution < -0.4 is 0 Å². The molecule has 0 saturated heterocycles. The number of hydrogen-bond donors (Lipinski definition) is 0. The van der Waals surface area contributed by atoms with Crippen molar-refractivity contribution in [1.29, 1.82) is 0 Å². The Morgan fingerprint density at radius 2 is 2.15 bits per heavy atom. The largest absolute Gasteiger partial charge is 0.274 e. The molecule has 0 spiro atoms. The minimum Gasteiger partial charge on any atom is -0.258 e. The lowest BCUT2D eigenvalue weighted by molar-refractivity contribution is -0.385. The van der Waals surface area contributed by atoms with Crippen LogP contribution in [0.4, 0.5) is 5.69 Å². The first-order chi connectivity index (χ1) is 9.52. The summed E-state index contributed by atoms with van der Waals surface area (Å²) in [6.07, 6.45) is 4.92. The first-order valence-electron chi connectivity index (χ1n) is 7.08. The van der Waals surface area contributed by atoms with Gasteiger partial charge in [-0.25, -0.2) is 0 Å². The fourth-order valence-electron chi connectivity index (χ4n) is 3.09. The van der Waals surface area contributed by atoms with Crippen LogP contribution in [-0.4, -0.2) is 10.3 Å². The summed E-state index contributed by atoms with van der Waals surface area (Å²) >= 11 is 12.6. The second kappa shape index (κ2) is 6.77. The van der Waals surface area contributed by atoms with Crippen LogP contribution in [0.2, 0.25) is 5.02 Å². The molecule has 0 N–H and O–H groups in total. The van der Waals surface area contributed by atoms with Gasteiger partial charge in [-0.2, -0.15) is 0 Å². The number of hydrogen-bond acceptors (Lipinski definition) is 2. The molecule has 1 saturated carbocycles. The van der Waals surface area contributed by atoms with E-state index in [4.69, 9.17) is 23.2 Å². The van der Waals surface area contributed by atoms with Gasteiger partial charge in [0.25, 0.3) is 5.69 Å². The van der Waals surface area contributed by atoms with Crippen molar-refractivity contribution in [3.63, 3.8) is 0 Å². The predicted molar refractivity (Wildman–Crippen MR) is 82.6 cm³/mol. The zero-order chi connectivity index (χ0) is 14.7. The van der Waals surface area contributed by atoms with E-state index in [1.54, 1.807) is 12.1 Å². The van der Waals surface area contributed by atoms with E-state index in [2.05, 4.69) is 6.92 Å². The van der Waals surface area contributed by atoms with Crippen molar-refractivity contribution in [2.24, 2.45) is 11.8 Å². The van der Waals surface area contributed by atoms with Crippen LogP contribution in [0.5, 0.6) is 0 Å². The summed E-state index contributed by atoms with van der Waals surface area (Å²) in [5.41, 5.74) is 0.742. The van der Waals surface area contributed by atoms with E-state index in [1.165, 1.54) is 6.07 Å². The second-order valence-electron chi connectivity index (χ2n) is 5.56. The van der Waals surface area contributed by atoms with Gasteiger partial charge in [-0.3, -0.25) is 10.1 Å². The molecule has 110 valence electrons. The lowest BCUT2D eigenvalue weighted by Crippen LogP contribution is -2.27. The summed E-state index contributed by atoms with van der Waals surface area (Å²) in [6, 6.07) is 4.86. The van der Waals surface area contributed by atoms with E-state index in [-0.39, 0.29) is 21.9 Å². The molecule has 3 nitrogen and oxygen atoms in total. The molecule has 0 aromatic heterocycles. The summed E-state index contributed by atoms with van der Waals surface area (Å²) in [5.74, 6) is 0.950. The van der Waals surface area contributed by atoms with E-state index in [0.717, 1.165) is 25.7 Å². The van der Waals surface area contributed by atoms with Gasteiger partial charge in [0.2, 0.25) is 0 Å². The van der Waals surface area contributed by atoms with Crippen molar-refractivity contribution in [1.82, 2.24) is 0 Å². The molecular weight excluding hydrogens is 297 g/mol. The molecule has 0 bridgehead atoms. The number of nitro benzene ring substituents is 1. The normalized spacial score (nSPS) is 26.4. The maximum atomic E-state index is 11.1. The number of alkyl halides is 1. The van der Waals surface area contributed by atoms with Gasteiger partial charge >= 0.3 is 0 Å². The van der Waals surface area contributed by atoms with Crippen molar-refractivity contribution in [2.45, 2.75) is 44.4 Å². The summed E-state index contributed by atoms with van der Waals surface area (Å²) in [4.78, 5) is 10.8. The highest BCUT2D eigenvalue weighted by Gasteiger charge is 2.31. The Labute approximate surface area is 129 Å². The third-order valence-corrected chi connectivity index (χ3v) is 5.26. The molecule has 0 aliphatic heterocycles. The van der Waals surface area contributed by atoms with Crippen LogP contribution in [0.1, 0.15) is 38.2 Å². The van der Waals surface area contributed by atoms with E-state index >= 15 is 0 Å². The molecule has 1 aromatic rings. The third kappa shape index (κ3) is 3.44. The zero-order valence-corrected chi connectivity index (χ0v) is 13.0. The molecule has 0 amide bonds. The van der Waals surface area contributed by atoms with Crippen molar-refractivity contribution >= 4 is 28.9 Å². The summed E-state index contributed by atoms with van der Waals surface area (Å²) < 4.78 is 0. The summed E-state index contributed by atoms with van der Waals surface area (Å²) in [6.45, 7) is 2.19. The van der Waals surface area contributed by atoms with Gasteiger partial charge in [-0.05, 0) is 43.6 Å². The Hall–Kier alpha value is -0.800. The Bertz CT molecular complexity index is 493. The minimum atomic E-state index is -0.357. The lowest BCUT2D eigenvalue weighted by atomic mass is 9.77. The van der Waals surface area contributed by atoms with Crippen LogP contribution in [0.25, 0.3) is 0 Å². The number of rotatable bonds is 4. The Kier molecular flexibility index (Phi) is 5.28. The molecule has 1 aliphatic rings. The van der Waals surface area contributed by atoms with Gasteiger partial charge in [-0.1, -0.05) is 31.0 Å². The molecule has 0 heterocycles. The van der Waals surface area contributed by atoms with Gasteiger partial charge in [0.05, 0.1) is 9.95 Å². The number of halogens is 2. The molecule has 1 aromatic carbocycles. The Morgan fingerprint density at radius 1 is 1.40 bits per heavy atom. The lowest BCUT2D eigenvalue weighted by Gasteiger charge is -2.32. The number of nitro groups is 1. The van der Waals surface area contributed by atoms with Gasteiger partial charge < -0.3 is 0 Å². The standard InChI is InChI=1S/C15H19Cl2NO2/c1-2-10-6-7-13(16)11(8-10)9-12-14(17)4-3-5-15(12)18(19)20/h3-5,10-11,13H,2,6-9H2,1H3. The third-order valence-electron chi connectivity index (χ3n) is 4.33. The molecule has 2 rings (SSSR count). The smallest absolute Gasteiger partial charge is 0.258 e. The van der Waals surface area contributed by atoms with Gasteiger partial charge in [0, 0.05) is 17.0 Å². The molecule has 0 radical (unpaired) electrons. The van der Waals surface area contributed by atoms with Crippen molar-refractivity contribution in [2.75, 3.05) is 0 Å². The maximum Gasteiger partial charge on any atom is 0.274 e. The molecule has 3 unspecified atom stereocenters. The Balaban J connectivity index is 2.22. The van der Waals surface area contributed by atoms with Gasteiger partial charge in [0.15, 0.2) is 0 Å². The Morgan fingerprint density at radius 3 is 2.80 bits per heavy atom. The van der Waals surface area contributed by atoms with E-state index in [0.29, 0.717) is 22.9 Å². The van der Waals surface area contributed by atoms with E-state index < -0.39 is 0 Å². The highest BCUT2D eigenvalue weighted by molar-refractivity contribution is 6.31. The van der Waals surface area contributed by atoms with Crippen LogP contribution >= 0.6 is 23.2 Å². The van der Waals surface area contributed by atoms with E-state index in [9.17, 15) is 10.1 Å². The molecule has 5 heteroatoms. The summed E-state index contributed by atoms with van der Waals surface area (Å²) in [7, 11) is 0.